The summed E-state index contributed by atoms with van der Waals surface area (Å²) in [6.07, 6.45) is 1.26. The van der Waals surface area contributed by atoms with E-state index in [1.165, 1.54) is 6.39 Å². The summed E-state index contributed by atoms with van der Waals surface area (Å²) in [5.74, 6) is 1.05. The first-order valence-electron chi connectivity index (χ1n) is 7.77. The number of rotatable bonds is 7. The Morgan fingerprint density at radius 2 is 2.08 bits per heavy atom. The molecule has 2 aromatic carbocycles. The van der Waals surface area contributed by atoms with Crippen molar-refractivity contribution in [3.05, 3.63) is 75.9 Å². The minimum atomic E-state index is 0.165. The quantitative estimate of drug-likeness (QED) is 0.640. The summed E-state index contributed by atoms with van der Waals surface area (Å²) in [6, 6.07) is 13.7. The Morgan fingerprint density at radius 1 is 1.20 bits per heavy atom. The van der Waals surface area contributed by atoms with Crippen LogP contribution < -0.4 is 10.1 Å². The molecule has 0 amide bonds. The zero-order valence-electron chi connectivity index (χ0n) is 13.6. The zero-order valence-corrected chi connectivity index (χ0v) is 15.1. The van der Waals surface area contributed by atoms with Gasteiger partial charge < -0.3 is 14.6 Å². The van der Waals surface area contributed by atoms with Crippen LogP contribution in [0.1, 0.15) is 29.9 Å². The van der Waals surface area contributed by atoms with E-state index in [1.807, 2.05) is 42.5 Å². The van der Waals surface area contributed by atoms with Crippen LogP contribution in [0.4, 0.5) is 0 Å². The molecule has 130 valence electrons. The summed E-state index contributed by atoms with van der Waals surface area (Å²) in [6.45, 7) is 2.96. The van der Waals surface area contributed by atoms with Crippen molar-refractivity contribution in [1.82, 2.24) is 15.5 Å². The molecule has 0 saturated carbocycles. The van der Waals surface area contributed by atoms with Crippen molar-refractivity contribution in [2.45, 2.75) is 26.1 Å². The van der Waals surface area contributed by atoms with E-state index in [0.717, 1.165) is 16.1 Å². The Morgan fingerprint density at radius 3 is 2.84 bits per heavy atom. The number of hydrogen-bond donors (Lipinski definition) is 1. The number of halogens is 2. The van der Waals surface area contributed by atoms with Crippen LogP contribution in [0, 0.1) is 0 Å². The van der Waals surface area contributed by atoms with Gasteiger partial charge in [-0.25, -0.2) is 0 Å². The first-order chi connectivity index (χ1) is 12.1. The fraction of sp³-hybridized carbons (Fsp3) is 0.222. The van der Waals surface area contributed by atoms with Gasteiger partial charge in [-0.1, -0.05) is 46.6 Å². The second-order valence-electron chi connectivity index (χ2n) is 5.56. The molecule has 0 aliphatic carbocycles. The molecule has 0 aliphatic rings. The third kappa shape index (κ3) is 4.95. The van der Waals surface area contributed by atoms with Gasteiger partial charge in [0.25, 0.3) is 0 Å². The Hall–Kier alpha value is -2.08. The van der Waals surface area contributed by atoms with Gasteiger partial charge in [0, 0.05) is 17.6 Å². The highest BCUT2D eigenvalue weighted by Gasteiger charge is 2.09. The third-order valence-electron chi connectivity index (χ3n) is 3.72. The van der Waals surface area contributed by atoms with Crippen molar-refractivity contribution in [3.63, 3.8) is 0 Å². The van der Waals surface area contributed by atoms with Crippen LogP contribution in [0.5, 0.6) is 5.75 Å². The molecular weight excluding hydrogens is 361 g/mol. The molecule has 0 bridgehead atoms. The molecule has 0 saturated heterocycles. The summed E-state index contributed by atoms with van der Waals surface area (Å²) in [4.78, 5) is 3.91. The van der Waals surface area contributed by atoms with Crippen molar-refractivity contribution in [2.24, 2.45) is 0 Å². The van der Waals surface area contributed by atoms with Gasteiger partial charge in [-0.15, -0.1) is 0 Å². The molecule has 1 unspecified atom stereocenters. The van der Waals surface area contributed by atoms with Crippen LogP contribution in [-0.4, -0.2) is 10.1 Å². The predicted octanol–water partition coefficient (Wildman–Crippen LogP) is 4.81. The van der Waals surface area contributed by atoms with Gasteiger partial charge in [-0.3, -0.25) is 0 Å². The highest BCUT2D eigenvalue weighted by atomic mass is 35.5. The maximum Gasteiger partial charge on any atom is 0.213 e. The number of hydrogen-bond acceptors (Lipinski definition) is 5. The summed E-state index contributed by atoms with van der Waals surface area (Å²) >= 11 is 12.2. The highest BCUT2D eigenvalue weighted by molar-refractivity contribution is 6.32. The Balaban J connectivity index is 1.61. The van der Waals surface area contributed by atoms with Gasteiger partial charge in [0.15, 0.2) is 6.61 Å². The number of aromatic nitrogens is 2. The monoisotopic (exact) mass is 377 g/mol. The smallest absolute Gasteiger partial charge is 0.213 e. The maximum absolute atomic E-state index is 6.19. The second-order valence-corrected chi connectivity index (χ2v) is 6.40. The molecule has 0 radical (unpaired) electrons. The lowest BCUT2D eigenvalue weighted by Gasteiger charge is -2.15. The number of ether oxygens (including phenoxy) is 1. The Kier molecular flexibility index (Phi) is 5.91. The molecule has 3 aromatic rings. The van der Waals surface area contributed by atoms with Gasteiger partial charge in [0.2, 0.25) is 12.2 Å². The fourth-order valence-electron chi connectivity index (χ4n) is 2.33. The normalized spacial score (nSPS) is 12.1. The lowest BCUT2D eigenvalue weighted by Crippen LogP contribution is -2.18. The first kappa shape index (κ1) is 17.7. The SMILES string of the molecule is CC(NCc1ccc(Cl)c(OCc2ncon2)c1)c1cccc(Cl)c1. The Labute approximate surface area is 155 Å². The summed E-state index contributed by atoms with van der Waals surface area (Å²) in [5.41, 5.74) is 2.19. The standard InChI is InChI=1S/C18H17Cl2N3O2/c1-12(14-3-2-4-15(19)8-14)21-9-13-5-6-16(20)17(7-13)24-10-18-22-11-25-23-18/h2-8,11-12,21H,9-10H2,1H3. The molecule has 0 aliphatic heterocycles. The third-order valence-corrected chi connectivity index (χ3v) is 4.27. The van der Waals surface area contributed by atoms with Crippen molar-refractivity contribution in [1.29, 1.82) is 0 Å². The minimum Gasteiger partial charge on any atom is -0.484 e. The van der Waals surface area contributed by atoms with Crippen LogP contribution in [0.2, 0.25) is 10.0 Å². The van der Waals surface area contributed by atoms with Crippen LogP contribution in [-0.2, 0) is 13.2 Å². The molecule has 1 heterocycles. The number of benzene rings is 2. The van der Waals surface area contributed by atoms with E-state index < -0.39 is 0 Å². The number of nitrogens with zero attached hydrogens (tertiary/aromatic N) is 2. The van der Waals surface area contributed by atoms with Gasteiger partial charge in [-0.05, 0) is 42.3 Å². The molecule has 0 fully saturated rings. The van der Waals surface area contributed by atoms with Gasteiger partial charge >= 0.3 is 0 Å². The van der Waals surface area contributed by atoms with Gasteiger partial charge in [-0.2, -0.15) is 4.98 Å². The average molecular weight is 378 g/mol. The van der Waals surface area contributed by atoms with Crippen LogP contribution >= 0.6 is 23.2 Å². The lowest BCUT2D eigenvalue weighted by atomic mass is 10.1. The average Bonchev–Trinajstić information content (AvgIpc) is 3.13. The summed E-state index contributed by atoms with van der Waals surface area (Å²) in [7, 11) is 0. The molecule has 5 nitrogen and oxygen atoms in total. The van der Waals surface area contributed by atoms with E-state index in [1.54, 1.807) is 0 Å². The molecule has 0 spiro atoms. The highest BCUT2D eigenvalue weighted by Crippen LogP contribution is 2.26. The molecule has 1 N–H and O–H groups in total. The molecule has 25 heavy (non-hydrogen) atoms. The van der Waals surface area contributed by atoms with Crippen LogP contribution in [0.15, 0.2) is 53.4 Å². The minimum absolute atomic E-state index is 0.165. The second kappa shape index (κ2) is 8.34. The van der Waals surface area contributed by atoms with Crippen molar-refractivity contribution < 1.29 is 9.26 Å². The Bertz CT molecular complexity index is 825. The molecule has 1 aromatic heterocycles. The lowest BCUT2D eigenvalue weighted by molar-refractivity contribution is 0.286. The zero-order chi connectivity index (χ0) is 17.6. The maximum atomic E-state index is 6.19. The van der Waals surface area contributed by atoms with Gasteiger partial charge in [0.05, 0.1) is 5.02 Å². The topological polar surface area (TPSA) is 60.2 Å². The predicted molar refractivity (Wildman–Crippen MR) is 96.8 cm³/mol. The fourth-order valence-corrected chi connectivity index (χ4v) is 2.70. The van der Waals surface area contributed by atoms with E-state index in [2.05, 4.69) is 26.9 Å². The van der Waals surface area contributed by atoms with E-state index >= 15 is 0 Å². The summed E-state index contributed by atoms with van der Waals surface area (Å²) < 4.78 is 10.3. The molecule has 7 heteroatoms. The van der Waals surface area contributed by atoms with E-state index in [0.29, 0.717) is 23.1 Å². The molecule has 1 atom stereocenters. The van der Waals surface area contributed by atoms with E-state index in [9.17, 15) is 0 Å². The summed E-state index contributed by atoms with van der Waals surface area (Å²) in [5, 5.41) is 8.44. The van der Waals surface area contributed by atoms with E-state index in [4.69, 9.17) is 27.9 Å². The molecular formula is C18H17Cl2N3O2. The van der Waals surface area contributed by atoms with E-state index in [-0.39, 0.29) is 12.6 Å². The van der Waals surface area contributed by atoms with Crippen molar-refractivity contribution >= 4 is 23.2 Å². The number of nitrogens with one attached hydrogen (secondary N) is 1. The van der Waals surface area contributed by atoms with Crippen LogP contribution in [0.25, 0.3) is 0 Å². The molecule has 3 rings (SSSR count). The van der Waals surface area contributed by atoms with Crippen molar-refractivity contribution in [2.75, 3.05) is 0 Å². The van der Waals surface area contributed by atoms with Gasteiger partial charge in [0.1, 0.15) is 5.75 Å². The largest absolute Gasteiger partial charge is 0.484 e. The van der Waals surface area contributed by atoms with Crippen molar-refractivity contribution in [3.8, 4) is 5.75 Å². The first-order valence-corrected chi connectivity index (χ1v) is 8.53. The van der Waals surface area contributed by atoms with Crippen LogP contribution in [0.3, 0.4) is 0 Å².